The van der Waals surface area contributed by atoms with Gasteiger partial charge in [-0.3, -0.25) is 9.59 Å². The number of hydrogen-bond donors (Lipinski definition) is 0. The van der Waals surface area contributed by atoms with Gasteiger partial charge in [0.05, 0.1) is 18.3 Å². The SMILES string of the molecule is COc1ccc(C(=O)C2CCN(C(=O)/C=C/c3cscn3)CC2)cc1. The van der Waals surface area contributed by atoms with E-state index in [9.17, 15) is 9.59 Å². The molecular formula is C19H20N2O3S. The summed E-state index contributed by atoms with van der Waals surface area (Å²) in [5, 5.41) is 1.89. The van der Waals surface area contributed by atoms with E-state index in [1.165, 1.54) is 11.3 Å². The minimum Gasteiger partial charge on any atom is -0.497 e. The number of nitrogens with zero attached hydrogens (tertiary/aromatic N) is 2. The molecule has 1 aromatic heterocycles. The maximum absolute atomic E-state index is 12.6. The topological polar surface area (TPSA) is 59.5 Å². The van der Waals surface area contributed by atoms with Crippen LogP contribution in [0.1, 0.15) is 28.9 Å². The van der Waals surface area contributed by atoms with E-state index >= 15 is 0 Å². The van der Waals surface area contributed by atoms with Crippen LogP contribution in [0.2, 0.25) is 0 Å². The number of Topliss-reactive ketones (excluding diaryl/α,β-unsaturated/α-hetero) is 1. The summed E-state index contributed by atoms with van der Waals surface area (Å²) >= 11 is 1.50. The van der Waals surface area contributed by atoms with E-state index in [-0.39, 0.29) is 17.6 Å². The van der Waals surface area contributed by atoms with Crippen LogP contribution in [0.25, 0.3) is 6.08 Å². The van der Waals surface area contributed by atoms with Crippen LogP contribution in [0, 0.1) is 5.92 Å². The number of piperidine rings is 1. The molecule has 0 saturated carbocycles. The first-order valence-corrected chi connectivity index (χ1v) is 9.15. The van der Waals surface area contributed by atoms with Crippen LogP contribution >= 0.6 is 11.3 Å². The molecule has 5 nitrogen and oxygen atoms in total. The summed E-state index contributed by atoms with van der Waals surface area (Å²) in [4.78, 5) is 30.7. The quantitative estimate of drug-likeness (QED) is 0.609. The molecule has 130 valence electrons. The van der Waals surface area contributed by atoms with Crippen molar-refractivity contribution in [2.24, 2.45) is 5.92 Å². The molecule has 1 fully saturated rings. The van der Waals surface area contributed by atoms with E-state index in [4.69, 9.17) is 4.74 Å². The van der Waals surface area contributed by atoms with Crippen molar-refractivity contribution >= 4 is 29.1 Å². The highest BCUT2D eigenvalue weighted by Gasteiger charge is 2.27. The van der Waals surface area contributed by atoms with E-state index in [0.29, 0.717) is 31.5 Å². The Bertz CT molecular complexity index is 745. The molecule has 0 bridgehead atoms. The molecule has 1 aliphatic rings. The zero-order valence-electron chi connectivity index (χ0n) is 14.1. The smallest absolute Gasteiger partial charge is 0.246 e. The summed E-state index contributed by atoms with van der Waals surface area (Å²) in [6, 6.07) is 7.20. The molecule has 3 rings (SSSR count). The highest BCUT2D eigenvalue weighted by molar-refractivity contribution is 7.07. The molecule has 0 unspecified atom stereocenters. The van der Waals surface area contributed by atoms with Crippen molar-refractivity contribution in [2.45, 2.75) is 12.8 Å². The van der Waals surface area contributed by atoms with E-state index in [0.717, 1.165) is 11.4 Å². The molecule has 1 aliphatic heterocycles. The van der Waals surface area contributed by atoms with Crippen molar-refractivity contribution in [3.05, 3.63) is 52.5 Å². The van der Waals surface area contributed by atoms with Gasteiger partial charge in [0.1, 0.15) is 5.75 Å². The zero-order chi connectivity index (χ0) is 17.6. The fraction of sp³-hybridized carbons (Fsp3) is 0.316. The lowest BCUT2D eigenvalue weighted by Crippen LogP contribution is -2.39. The number of ketones is 1. The summed E-state index contributed by atoms with van der Waals surface area (Å²) in [5.74, 6) is 0.833. The normalized spacial score (nSPS) is 15.5. The number of rotatable bonds is 5. The first kappa shape index (κ1) is 17.4. The van der Waals surface area contributed by atoms with Gasteiger partial charge in [0, 0.05) is 36.0 Å². The molecule has 2 heterocycles. The second-order valence-corrected chi connectivity index (χ2v) is 6.66. The van der Waals surface area contributed by atoms with Gasteiger partial charge in [0.15, 0.2) is 5.78 Å². The Labute approximate surface area is 150 Å². The maximum atomic E-state index is 12.6. The van der Waals surface area contributed by atoms with E-state index < -0.39 is 0 Å². The van der Waals surface area contributed by atoms with Crippen molar-refractivity contribution in [1.82, 2.24) is 9.88 Å². The van der Waals surface area contributed by atoms with Crippen LogP contribution in [-0.2, 0) is 4.79 Å². The van der Waals surface area contributed by atoms with E-state index in [2.05, 4.69) is 4.98 Å². The Morgan fingerprint density at radius 2 is 1.96 bits per heavy atom. The third kappa shape index (κ3) is 4.33. The molecular weight excluding hydrogens is 336 g/mol. The van der Waals surface area contributed by atoms with Crippen molar-refractivity contribution in [3.63, 3.8) is 0 Å². The zero-order valence-corrected chi connectivity index (χ0v) is 14.9. The Morgan fingerprint density at radius 3 is 2.56 bits per heavy atom. The minimum absolute atomic E-state index is 0.0247. The summed E-state index contributed by atoms with van der Waals surface area (Å²) < 4.78 is 5.12. The molecule has 1 amide bonds. The van der Waals surface area contributed by atoms with Crippen LogP contribution in [0.15, 0.2) is 41.2 Å². The van der Waals surface area contributed by atoms with Gasteiger partial charge in [-0.2, -0.15) is 0 Å². The molecule has 25 heavy (non-hydrogen) atoms. The Balaban J connectivity index is 1.54. The van der Waals surface area contributed by atoms with E-state index in [1.54, 1.807) is 53.9 Å². The lowest BCUT2D eigenvalue weighted by molar-refractivity contribution is -0.127. The maximum Gasteiger partial charge on any atom is 0.246 e. The molecule has 2 aromatic rings. The molecule has 0 spiro atoms. The van der Waals surface area contributed by atoms with Gasteiger partial charge >= 0.3 is 0 Å². The van der Waals surface area contributed by atoms with Crippen LogP contribution in [0.4, 0.5) is 0 Å². The molecule has 0 radical (unpaired) electrons. The predicted molar refractivity (Wildman–Crippen MR) is 97.8 cm³/mol. The van der Waals surface area contributed by atoms with Crippen molar-refractivity contribution in [3.8, 4) is 5.75 Å². The van der Waals surface area contributed by atoms with Gasteiger partial charge in [-0.05, 0) is 43.2 Å². The van der Waals surface area contributed by atoms with Crippen LogP contribution in [-0.4, -0.2) is 41.8 Å². The highest BCUT2D eigenvalue weighted by Crippen LogP contribution is 2.23. The molecule has 1 saturated heterocycles. The van der Waals surface area contributed by atoms with E-state index in [1.807, 2.05) is 5.38 Å². The second-order valence-electron chi connectivity index (χ2n) is 5.94. The number of amides is 1. The largest absolute Gasteiger partial charge is 0.497 e. The number of hydrogen-bond acceptors (Lipinski definition) is 5. The number of methoxy groups -OCH3 is 1. The summed E-state index contributed by atoms with van der Waals surface area (Å²) in [7, 11) is 1.60. The van der Waals surface area contributed by atoms with Crippen LogP contribution in [0.3, 0.4) is 0 Å². The fourth-order valence-electron chi connectivity index (χ4n) is 2.92. The van der Waals surface area contributed by atoms with Crippen molar-refractivity contribution in [2.75, 3.05) is 20.2 Å². The third-order valence-corrected chi connectivity index (χ3v) is 5.00. The third-order valence-electron chi connectivity index (χ3n) is 4.40. The van der Waals surface area contributed by atoms with Gasteiger partial charge in [-0.15, -0.1) is 11.3 Å². The lowest BCUT2D eigenvalue weighted by atomic mass is 9.89. The molecule has 1 aromatic carbocycles. The highest BCUT2D eigenvalue weighted by atomic mass is 32.1. The monoisotopic (exact) mass is 356 g/mol. The average molecular weight is 356 g/mol. The predicted octanol–water partition coefficient (Wildman–Crippen LogP) is 3.29. The minimum atomic E-state index is -0.0278. The van der Waals surface area contributed by atoms with Gasteiger partial charge in [-0.25, -0.2) is 4.98 Å². The Hall–Kier alpha value is -2.47. The first-order valence-electron chi connectivity index (χ1n) is 8.21. The summed E-state index contributed by atoms with van der Waals surface area (Å²) in [5.41, 5.74) is 3.23. The fourth-order valence-corrected chi connectivity index (χ4v) is 3.44. The van der Waals surface area contributed by atoms with Crippen LogP contribution < -0.4 is 4.74 Å². The number of benzene rings is 1. The Kier molecular flexibility index (Phi) is 5.60. The van der Waals surface area contributed by atoms with Crippen LogP contribution in [0.5, 0.6) is 5.75 Å². The average Bonchev–Trinajstić information content (AvgIpc) is 3.19. The molecule has 0 aliphatic carbocycles. The van der Waals surface area contributed by atoms with Crippen molar-refractivity contribution in [1.29, 1.82) is 0 Å². The second kappa shape index (κ2) is 8.07. The van der Waals surface area contributed by atoms with Gasteiger partial charge in [-0.1, -0.05) is 0 Å². The molecule has 0 N–H and O–H groups in total. The van der Waals surface area contributed by atoms with Gasteiger partial charge in [0.25, 0.3) is 0 Å². The van der Waals surface area contributed by atoms with Crippen molar-refractivity contribution < 1.29 is 14.3 Å². The number of carbonyl (C=O) groups excluding carboxylic acids is 2. The molecule has 6 heteroatoms. The van der Waals surface area contributed by atoms with Gasteiger partial charge in [0.2, 0.25) is 5.91 Å². The summed E-state index contributed by atoms with van der Waals surface area (Å²) in [6.07, 6.45) is 4.68. The van der Waals surface area contributed by atoms with Gasteiger partial charge < -0.3 is 9.64 Å². The Morgan fingerprint density at radius 1 is 1.24 bits per heavy atom. The summed E-state index contributed by atoms with van der Waals surface area (Å²) in [6.45, 7) is 1.21. The molecule has 0 atom stereocenters. The number of aromatic nitrogens is 1. The number of carbonyl (C=O) groups is 2. The lowest BCUT2D eigenvalue weighted by Gasteiger charge is -2.30. The number of thiazole rings is 1. The standard InChI is InChI=1S/C19H20N2O3S/c1-24-17-5-2-14(3-6-17)19(23)15-8-10-21(11-9-15)18(22)7-4-16-12-25-13-20-16/h2-7,12-13,15H,8-11H2,1H3/b7-4+. The first-order chi connectivity index (χ1) is 12.2. The number of likely N-dealkylation sites (tertiary alicyclic amines) is 1. The number of ether oxygens (including phenoxy) is 1.